The van der Waals surface area contributed by atoms with Crippen molar-refractivity contribution in [1.82, 2.24) is 5.32 Å². The third-order valence-corrected chi connectivity index (χ3v) is 4.55. The molecular weight excluding hydrogens is 444 g/mol. The zero-order valence-electron chi connectivity index (χ0n) is 19.0. The minimum Gasteiger partial charge on any atom is -0.463 e. The van der Waals surface area contributed by atoms with Gasteiger partial charge < -0.3 is 29.0 Å². The molecule has 33 heavy (non-hydrogen) atoms. The molecule has 0 saturated carbocycles. The highest BCUT2D eigenvalue weighted by Crippen LogP contribution is 2.28. The van der Waals surface area contributed by atoms with E-state index in [0.29, 0.717) is 6.42 Å². The summed E-state index contributed by atoms with van der Waals surface area (Å²) in [6, 6.07) is -1.35. The number of ether oxygens (including phenoxy) is 5. The fraction of sp³-hybridized carbons (Fsp3) is 0.737. The molecular formula is C19H28N4O10. The van der Waals surface area contributed by atoms with Crippen molar-refractivity contribution in [2.75, 3.05) is 13.2 Å². The molecule has 0 spiro atoms. The molecule has 1 N–H and O–H groups in total. The average Bonchev–Trinajstić information content (AvgIpc) is 2.73. The lowest BCUT2D eigenvalue weighted by molar-refractivity contribution is -0.272. The van der Waals surface area contributed by atoms with E-state index in [2.05, 4.69) is 15.3 Å². The quantitative estimate of drug-likeness (QED) is 0.154. The molecule has 0 aromatic heterocycles. The van der Waals surface area contributed by atoms with Crippen LogP contribution in [-0.4, -0.2) is 73.6 Å². The van der Waals surface area contributed by atoms with Gasteiger partial charge in [-0.15, -0.1) is 0 Å². The van der Waals surface area contributed by atoms with Crippen LogP contribution in [0.2, 0.25) is 0 Å². The molecule has 0 aromatic rings. The number of nitrogens with zero attached hydrogens (tertiary/aromatic N) is 3. The van der Waals surface area contributed by atoms with E-state index in [4.69, 9.17) is 29.2 Å². The zero-order valence-corrected chi connectivity index (χ0v) is 19.0. The SMILES string of the molecule is CCC(C)C(=O)O[C@@H]1OC(COC(C)=O)[C@@H](OC(C)=O)[C@H](OC(C)=O)C1NC(=O)CN=[N+]=[N-]. The standard InChI is InChI=1S/C19H28N4O10/c1-6-9(2)18(28)33-19-15(22-14(27)7-21-23-20)17(31-12(5)26)16(30-11(4)25)13(32-19)8-29-10(3)24/h9,13,15-17,19H,6-8H2,1-5H3,(H,22,27)/t9?,13?,15?,16-,17-,19+/m1/s1. The van der Waals surface area contributed by atoms with Crippen molar-refractivity contribution in [2.45, 2.75) is 71.7 Å². The highest BCUT2D eigenvalue weighted by atomic mass is 16.7. The lowest BCUT2D eigenvalue weighted by Gasteiger charge is -2.44. The second-order valence-corrected chi connectivity index (χ2v) is 7.22. The van der Waals surface area contributed by atoms with Gasteiger partial charge in [-0.05, 0) is 12.0 Å². The Kier molecular flexibility index (Phi) is 11.1. The first kappa shape index (κ1) is 27.7. The Balaban J connectivity index is 3.41. The predicted octanol–water partition coefficient (Wildman–Crippen LogP) is 0.522. The number of hydrogen-bond donors (Lipinski definition) is 1. The maximum absolute atomic E-state index is 12.4. The first-order chi connectivity index (χ1) is 15.5. The van der Waals surface area contributed by atoms with Crippen LogP contribution in [-0.2, 0) is 47.7 Å². The largest absolute Gasteiger partial charge is 0.463 e. The van der Waals surface area contributed by atoms with Crippen LogP contribution in [0.15, 0.2) is 5.11 Å². The van der Waals surface area contributed by atoms with E-state index in [1.807, 2.05) is 0 Å². The maximum Gasteiger partial charge on any atom is 0.311 e. The summed E-state index contributed by atoms with van der Waals surface area (Å²) >= 11 is 0. The summed E-state index contributed by atoms with van der Waals surface area (Å²) in [5.74, 6) is -4.24. The summed E-state index contributed by atoms with van der Waals surface area (Å²) < 4.78 is 26.7. The van der Waals surface area contributed by atoms with Gasteiger partial charge in [0.2, 0.25) is 12.2 Å². The Hall–Kier alpha value is -3.38. The lowest BCUT2D eigenvalue weighted by atomic mass is 9.96. The van der Waals surface area contributed by atoms with Crippen LogP contribution in [0.5, 0.6) is 0 Å². The van der Waals surface area contributed by atoms with Crippen LogP contribution in [0.4, 0.5) is 0 Å². The van der Waals surface area contributed by atoms with Crippen LogP contribution in [0.3, 0.4) is 0 Å². The van der Waals surface area contributed by atoms with Crippen LogP contribution in [0.1, 0.15) is 41.0 Å². The monoisotopic (exact) mass is 472 g/mol. The molecule has 1 aliphatic heterocycles. The molecule has 0 radical (unpaired) electrons. The first-order valence-electron chi connectivity index (χ1n) is 10.1. The van der Waals surface area contributed by atoms with Gasteiger partial charge in [0.1, 0.15) is 25.3 Å². The number of azide groups is 1. The van der Waals surface area contributed by atoms with Crippen LogP contribution >= 0.6 is 0 Å². The summed E-state index contributed by atoms with van der Waals surface area (Å²) in [6.45, 7) is 5.66. The van der Waals surface area contributed by atoms with E-state index in [1.54, 1.807) is 13.8 Å². The van der Waals surface area contributed by atoms with Gasteiger partial charge in [-0.1, -0.05) is 19.0 Å². The van der Waals surface area contributed by atoms with E-state index in [1.165, 1.54) is 0 Å². The van der Waals surface area contributed by atoms with E-state index in [-0.39, 0.29) is 0 Å². The second-order valence-electron chi connectivity index (χ2n) is 7.22. The molecule has 3 unspecified atom stereocenters. The molecule has 1 amide bonds. The molecule has 1 saturated heterocycles. The average molecular weight is 472 g/mol. The molecule has 1 heterocycles. The summed E-state index contributed by atoms with van der Waals surface area (Å²) in [5.41, 5.74) is 8.45. The van der Waals surface area contributed by atoms with Gasteiger partial charge in [0.15, 0.2) is 12.2 Å². The number of carbonyl (C=O) groups excluding carboxylic acids is 5. The van der Waals surface area contributed by atoms with Crippen molar-refractivity contribution >= 4 is 29.8 Å². The topological polar surface area (TPSA) is 192 Å². The van der Waals surface area contributed by atoms with Gasteiger partial charge in [0.05, 0.1) is 5.92 Å². The van der Waals surface area contributed by atoms with Gasteiger partial charge in [-0.25, -0.2) is 0 Å². The van der Waals surface area contributed by atoms with Crippen molar-refractivity contribution in [2.24, 2.45) is 11.0 Å². The van der Waals surface area contributed by atoms with Crippen LogP contribution in [0, 0.1) is 5.92 Å². The van der Waals surface area contributed by atoms with Crippen molar-refractivity contribution in [3.05, 3.63) is 10.4 Å². The van der Waals surface area contributed by atoms with E-state index < -0.39 is 79.5 Å². The fourth-order valence-corrected chi connectivity index (χ4v) is 2.88. The number of esters is 4. The maximum atomic E-state index is 12.4. The Labute approximate surface area is 189 Å². The third-order valence-electron chi connectivity index (χ3n) is 4.55. The first-order valence-corrected chi connectivity index (χ1v) is 10.1. The van der Waals surface area contributed by atoms with Crippen LogP contribution in [0.25, 0.3) is 10.4 Å². The van der Waals surface area contributed by atoms with Gasteiger partial charge in [-0.3, -0.25) is 24.0 Å². The van der Waals surface area contributed by atoms with Gasteiger partial charge >= 0.3 is 23.9 Å². The second kappa shape index (κ2) is 13.2. The number of nitrogens with one attached hydrogen (secondary N) is 1. The fourth-order valence-electron chi connectivity index (χ4n) is 2.88. The smallest absolute Gasteiger partial charge is 0.311 e. The van der Waals surface area contributed by atoms with Gasteiger partial charge in [0.25, 0.3) is 0 Å². The summed E-state index contributed by atoms with van der Waals surface area (Å²) in [6.07, 6.45) is -5.01. The number of carbonyl (C=O) groups is 5. The number of amides is 1. The molecule has 1 aliphatic rings. The molecule has 0 bridgehead atoms. The molecule has 0 aliphatic carbocycles. The Bertz CT molecular complexity index is 797. The zero-order chi connectivity index (χ0) is 25.1. The van der Waals surface area contributed by atoms with E-state index >= 15 is 0 Å². The minimum atomic E-state index is -1.52. The van der Waals surface area contributed by atoms with Crippen LogP contribution < -0.4 is 5.32 Å². The molecule has 1 rings (SSSR count). The minimum absolute atomic E-state index is 0.429. The highest BCUT2D eigenvalue weighted by molar-refractivity contribution is 5.79. The van der Waals surface area contributed by atoms with Crippen molar-refractivity contribution in [3.63, 3.8) is 0 Å². The third kappa shape index (κ3) is 8.94. The highest BCUT2D eigenvalue weighted by Gasteiger charge is 2.52. The van der Waals surface area contributed by atoms with Crippen molar-refractivity contribution in [3.8, 4) is 0 Å². The summed E-state index contributed by atoms with van der Waals surface area (Å²) in [7, 11) is 0. The van der Waals surface area contributed by atoms with Crippen molar-refractivity contribution in [1.29, 1.82) is 0 Å². The van der Waals surface area contributed by atoms with E-state index in [0.717, 1.165) is 20.8 Å². The normalized spacial score (nSPS) is 24.9. The molecule has 14 heteroatoms. The van der Waals surface area contributed by atoms with E-state index in [9.17, 15) is 24.0 Å². The van der Waals surface area contributed by atoms with Gasteiger partial charge in [0, 0.05) is 25.7 Å². The lowest BCUT2D eigenvalue weighted by Crippen LogP contribution is -2.67. The molecule has 0 aromatic carbocycles. The Morgan fingerprint density at radius 2 is 1.64 bits per heavy atom. The molecule has 6 atom stereocenters. The molecule has 184 valence electrons. The molecule has 14 nitrogen and oxygen atoms in total. The van der Waals surface area contributed by atoms with Crippen molar-refractivity contribution < 1.29 is 47.7 Å². The number of hydrogen-bond acceptors (Lipinski definition) is 11. The summed E-state index contributed by atoms with van der Waals surface area (Å²) in [4.78, 5) is 62.1. The Morgan fingerprint density at radius 1 is 1.03 bits per heavy atom. The predicted molar refractivity (Wildman–Crippen MR) is 108 cm³/mol. The molecule has 1 fully saturated rings. The number of rotatable bonds is 10. The Morgan fingerprint density at radius 3 is 2.15 bits per heavy atom. The van der Waals surface area contributed by atoms with Gasteiger partial charge in [-0.2, -0.15) is 0 Å². The summed E-state index contributed by atoms with van der Waals surface area (Å²) in [5, 5.41) is 5.58.